The van der Waals surface area contributed by atoms with Gasteiger partial charge in [-0.3, -0.25) is 4.79 Å². The summed E-state index contributed by atoms with van der Waals surface area (Å²) in [6.07, 6.45) is 2.42. The van der Waals surface area contributed by atoms with Crippen LogP contribution in [0.1, 0.15) is 16.8 Å². The topological polar surface area (TPSA) is 59.2 Å². The number of carbonyl (C=O) groups excluding carboxylic acids is 1. The molecule has 2 N–H and O–H groups in total. The molecule has 0 spiro atoms. The predicted molar refractivity (Wildman–Crippen MR) is 65.0 cm³/mol. The fourth-order valence-corrected chi connectivity index (χ4v) is 1.89. The number of hydrogen-bond acceptors (Lipinski definition) is 3. The zero-order valence-electron chi connectivity index (χ0n) is 8.60. The zero-order valence-corrected chi connectivity index (χ0v) is 10.2. The summed E-state index contributed by atoms with van der Waals surface area (Å²) in [5.41, 5.74) is 6.19. The van der Waals surface area contributed by atoms with Gasteiger partial charge >= 0.3 is 0 Å². The Balaban J connectivity index is 0.00000128. The highest BCUT2D eigenvalue weighted by Crippen LogP contribution is 2.17. The summed E-state index contributed by atoms with van der Waals surface area (Å²) in [7, 11) is 0. The fourth-order valence-electron chi connectivity index (χ4n) is 1.69. The minimum absolute atomic E-state index is 0. The van der Waals surface area contributed by atoms with E-state index in [1.54, 1.807) is 23.2 Å². The number of nitrogens with two attached hydrogens (primary N) is 1. The number of carbonyl (C=O) groups is 1. The Kier molecular flexibility index (Phi) is 4.53. The largest absolute Gasteiger partial charge is 0.337 e. The van der Waals surface area contributed by atoms with Crippen molar-refractivity contribution in [2.45, 2.75) is 12.5 Å². The van der Waals surface area contributed by atoms with Crippen molar-refractivity contribution in [2.24, 2.45) is 5.73 Å². The lowest BCUT2D eigenvalue weighted by atomic mass is 10.2. The molecule has 0 aliphatic carbocycles. The number of likely N-dealkylation sites (tertiary alicyclic amines) is 1. The number of nitrogens with zero attached hydrogens (tertiary/aromatic N) is 2. The first kappa shape index (κ1) is 13.2. The molecule has 0 saturated carbocycles. The van der Waals surface area contributed by atoms with Crippen LogP contribution in [0.4, 0.5) is 0 Å². The van der Waals surface area contributed by atoms with Crippen LogP contribution in [0.3, 0.4) is 0 Å². The minimum Gasteiger partial charge on any atom is -0.337 e. The first-order chi connectivity index (χ1) is 7.18. The maximum atomic E-state index is 12.0. The first-order valence-electron chi connectivity index (χ1n) is 4.84. The summed E-state index contributed by atoms with van der Waals surface area (Å²) in [5, 5.41) is 0.253. The Morgan fingerprint density at radius 3 is 2.94 bits per heavy atom. The Labute approximate surface area is 105 Å². The average Bonchev–Trinajstić information content (AvgIpc) is 2.65. The molecule has 1 fully saturated rings. The fraction of sp³-hybridized carbons (Fsp3) is 0.400. The summed E-state index contributed by atoms with van der Waals surface area (Å²) in [4.78, 5) is 17.6. The molecule has 1 amide bonds. The van der Waals surface area contributed by atoms with Crippen LogP contribution in [0.25, 0.3) is 0 Å². The second-order valence-electron chi connectivity index (χ2n) is 3.64. The van der Waals surface area contributed by atoms with Crippen LogP contribution in [-0.2, 0) is 0 Å². The van der Waals surface area contributed by atoms with Crippen molar-refractivity contribution < 1.29 is 4.79 Å². The van der Waals surface area contributed by atoms with Gasteiger partial charge in [0.2, 0.25) is 0 Å². The van der Waals surface area contributed by atoms with Crippen molar-refractivity contribution >= 4 is 29.9 Å². The van der Waals surface area contributed by atoms with E-state index >= 15 is 0 Å². The summed E-state index contributed by atoms with van der Waals surface area (Å²) in [6, 6.07) is 3.47. The average molecular weight is 262 g/mol. The van der Waals surface area contributed by atoms with Crippen LogP contribution in [0, 0.1) is 0 Å². The molecule has 1 aliphatic rings. The molecule has 1 saturated heterocycles. The highest BCUT2D eigenvalue weighted by Gasteiger charge is 2.25. The van der Waals surface area contributed by atoms with Crippen LogP contribution in [0.2, 0.25) is 5.15 Å². The van der Waals surface area contributed by atoms with Gasteiger partial charge in [0.15, 0.2) is 0 Å². The summed E-state index contributed by atoms with van der Waals surface area (Å²) in [5.74, 6) is -0.0824. The van der Waals surface area contributed by atoms with Gasteiger partial charge in [0.25, 0.3) is 5.91 Å². The molecule has 0 unspecified atom stereocenters. The van der Waals surface area contributed by atoms with Gasteiger partial charge in [-0.2, -0.15) is 0 Å². The molecule has 16 heavy (non-hydrogen) atoms. The molecule has 2 rings (SSSR count). The Morgan fingerprint density at radius 2 is 2.38 bits per heavy atom. The van der Waals surface area contributed by atoms with E-state index < -0.39 is 0 Å². The van der Waals surface area contributed by atoms with Crippen LogP contribution < -0.4 is 5.73 Å². The number of amides is 1. The Hall–Kier alpha value is -0.840. The van der Waals surface area contributed by atoms with Crippen molar-refractivity contribution in [3.05, 3.63) is 29.0 Å². The molecule has 2 heterocycles. The molecular weight excluding hydrogens is 249 g/mol. The van der Waals surface area contributed by atoms with Gasteiger partial charge in [-0.15, -0.1) is 12.4 Å². The Bertz CT molecular complexity index is 386. The smallest absolute Gasteiger partial charge is 0.257 e. The molecule has 6 heteroatoms. The lowest BCUT2D eigenvalue weighted by Gasteiger charge is -2.15. The maximum absolute atomic E-state index is 12.0. The lowest BCUT2D eigenvalue weighted by molar-refractivity contribution is 0.0790. The van der Waals surface area contributed by atoms with E-state index in [1.165, 1.54) is 0 Å². The van der Waals surface area contributed by atoms with Crippen molar-refractivity contribution in [3.63, 3.8) is 0 Å². The van der Waals surface area contributed by atoms with Crippen molar-refractivity contribution in [1.82, 2.24) is 9.88 Å². The predicted octanol–water partition coefficient (Wildman–Crippen LogP) is 1.33. The van der Waals surface area contributed by atoms with Crippen LogP contribution in [0.15, 0.2) is 18.3 Å². The molecule has 0 radical (unpaired) electrons. The van der Waals surface area contributed by atoms with Gasteiger partial charge < -0.3 is 10.6 Å². The Morgan fingerprint density at radius 1 is 1.62 bits per heavy atom. The van der Waals surface area contributed by atoms with Gasteiger partial charge in [-0.05, 0) is 18.6 Å². The van der Waals surface area contributed by atoms with Crippen LogP contribution >= 0.6 is 24.0 Å². The third-order valence-corrected chi connectivity index (χ3v) is 2.80. The minimum atomic E-state index is -0.0824. The normalized spacial score (nSPS) is 19.4. The molecule has 1 atom stereocenters. The molecule has 0 bridgehead atoms. The number of rotatable bonds is 1. The SMILES string of the molecule is Cl.N[C@@H]1CCN(C(=O)c2cccnc2Cl)C1. The quantitative estimate of drug-likeness (QED) is 0.777. The monoisotopic (exact) mass is 261 g/mol. The van der Waals surface area contributed by atoms with Crippen molar-refractivity contribution in [3.8, 4) is 0 Å². The third-order valence-electron chi connectivity index (χ3n) is 2.50. The lowest BCUT2D eigenvalue weighted by Crippen LogP contribution is -2.32. The van der Waals surface area contributed by atoms with Crippen LogP contribution in [-0.4, -0.2) is 34.9 Å². The summed E-state index contributed by atoms with van der Waals surface area (Å²) in [6.45, 7) is 1.30. The number of pyridine rings is 1. The van der Waals surface area contributed by atoms with Crippen molar-refractivity contribution in [1.29, 1.82) is 0 Å². The van der Waals surface area contributed by atoms with Crippen LogP contribution in [0.5, 0.6) is 0 Å². The van der Waals surface area contributed by atoms with E-state index in [9.17, 15) is 4.79 Å². The maximum Gasteiger partial charge on any atom is 0.257 e. The van der Waals surface area contributed by atoms with E-state index in [1.807, 2.05) is 0 Å². The highest BCUT2D eigenvalue weighted by atomic mass is 35.5. The summed E-state index contributed by atoms with van der Waals surface area (Å²) >= 11 is 5.84. The zero-order chi connectivity index (χ0) is 10.8. The second-order valence-corrected chi connectivity index (χ2v) is 4.00. The molecular formula is C10H13Cl2N3O. The van der Waals surface area contributed by atoms with E-state index in [-0.39, 0.29) is 29.5 Å². The first-order valence-corrected chi connectivity index (χ1v) is 5.21. The molecule has 88 valence electrons. The van der Waals surface area contributed by atoms with E-state index in [4.69, 9.17) is 17.3 Å². The number of hydrogen-bond donors (Lipinski definition) is 1. The highest BCUT2D eigenvalue weighted by molar-refractivity contribution is 6.32. The molecule has 1 aromatic rings. The number of aromatic nitrogens is 1. The molecule has 4 nitrogen and oxygen atoms in total. The van der Waals surface area contributed by atoms with E-state index in [0.717, 1.165) is 6.42 Å². The summed E-state index contributed by atoms with van der Waals surface area (Å²) < 4.78 is 0. The molecule has 0 aromatic carbocycles. The molecule has 1 aliphatic heterocycles. The van der Waals surface area contributed by atoms with E-state index in [0.29, 0.717) is 18.7 Å². The van der Waals surface area contributed by atoms with Crippen molar-refractivity contribution in [2.75, 3.05) is 13.1 Å². The van der Waals surface area contributed by atoms with Gasteiger partial charge in [0.1, 0.15) is 5.15 Å². The molecule has 1 aromatic heterocycles. The second kappa shape index (κ2) is 5.48. The van der Waals surface area contributed by atoms with Gasteiger partial charge in [0.05, 0.1) is 5.56 Å². The van der Waals surface area contributed by atoms with E-state index in [2.05, 4.69) is 4.98 Å². The number of halogens is 2. The standard InChI is InChI=1S/C10H12ClN3O.ClH/c11-9-8(2-1-4-13-9)10(15)14-5-3-7(12)6-14;/h1-2,4,7H,3,5-6,12H2;1H/t7-;/m1./s1. The van der Waals surface area contributed by atoms with Gasteiger partial charge in [0, 0.05) is 25.3 Å². The van der Waals surface area contributed by atoms with Gasteiger partial charge in [-0.1, -0.05) is 11.6 Å². The third kappa shape index (κ3) is 2.64. The van der Waals surface area contributed by atoms with Gasteiger partial charge in [-0.25, -0.2) is 4.98 Å².